The number of benzene rings is 1. The molecule has 0 N–H and O–H groups in total. The molecular formula is C24H32N2O. The van der Waals surface area contributed by atoms with Crippen LogP contribution in [0.4, 0.5) is 0 Å². The second-order valence-electron chi connectivity index (χ2n) is 7.67. The predicted octanol–water partition coefficient (Wildman–Crippen LogP) is 6.99. The van der Waals surface area contributed by atoms with Gasteiger partial charge in [-0.1, -0.05) is 32.9 Å². The Labute approximate surface area is 163 Å². The van der Waals surface area contributed by atoms with E-state index in [0.29, 0.717) is 6.04 Å². The molecule has 2 heterocycles. The zero-order valence-electron chi connectivity index (χ0n) is 17.8. The molecule has 0 aliphatic heterocycles. The summed E-state index contributed by atoms with van der Waals surface area (Å²) in [6.45, 7) is 15.1. The van der Waals surface area contributed by atoms with Crippen molar-refractivity contribution >= 4 is 10.9 Å². The first-order valence-corrected chi connectivity index (χ1v) is 10.2. The normalized spacial score (nSPS) is 11.6. The van der Waals surface area contributed by atoms with Gasteiger partial charge in [-0.3, -0.25) is 0 Å². The standard InChI is InChI=1S/C24H32N2O/c1-8-19-11-15(4)23(16(5)12-19)27-24-22-17(6)14-26(20(9-2)10-3)21(22)13-18(7)25-24/h11-14,20H,8-10H2,1-7H3. The van der Waals surface area contributed by atoms with Crippen molar-refractivity contribution in [2.75, 3.05) is 0 Å². The topological polar surface area (TPSA) is 27.1 Å². The van der Waals surface area contributed by atoms with Crippen LogP contribution in [0.2, 0.25) is 0 Å². The van der Waals surface area contributed by atoms with Crippen LogP contribution in [0.3, 0.4) is 0 Å². The summed E-state index contributed by atoms with van der Waals surface area (Å²) in [4.78, 5) is 4.77. The van der Waals surface area contributed by atoms with Crippen LogP contribution < -0.4 is 4.74 Å². The van der Waals surface area contributed by atoms with E-state index in [2.05, 4.69) is 70.5 Å². The molecule has 0 aliphatic carbocycles. The maximum Gasteiger partial charge on any atom is 0.229 e. The zero-order valence-corrected chi connectivity index (χ0v) is 17.8. The summed E-state index contributed by atoms with van der Waals surface area (Å²) in [6, 6.07) is 7.13. The predicted molar refractivity (Wildman–Crippen MR) is 114 cm³/mol. The third kappa shape index (κ3) is 3.60. The lowest BCUT2D eigenvalue weighted by molar-refractivity contribution is 0.459. The van der Waals surface area contributed by atoms with Crippen LogP contribution in [-0.4, -0.2) is 9.55 Å². The van der Waals surface area contributed by atoms with Crippen LogP contribution in [0.5, 0.6) is 11.6 Å². The molecule has 2 aromatic heterocycles. The highest BCUT2D eigenvalue weighted by Crippen LogP contribution is 2.37. The highest BCUT2D eigenvalue weighted by molar-refractivity contribution is 5.89. The van der Waals surface area contributed by atoms with E-state index in [-0.39, 0.29) is 0 Å². The smallest absolute Gasteiger partial charge is 0.229 e. The molecule has 0 unspecified atom stereocenters. The maximum absolute atomic E-state index is 6.45. The van der Waals surface area contributed by atoms with E-state index in [0.717, 1.165) is 42.0 Å². The van der Waals surface area contributed by atoms with Crippen molar-refractivity contribution in [3.63, 3.8) is 0 Å². The van der Waals surface area contributed by atoms with Gasteiger partial charge in [0.1, 0.15) is 5.75 Å². The van der Waals surface area contributed by atoms with Crippen molar-refractivity contribution in [1.82, 2.24) is 9.55 Å². The maximum atomic E-state index is 6.45. The van der Waals surface area contributed by atoms with Crippen molar-refractivity contribution in [2.45, 2.75) is 73.8 Å². The van der Waals surface area contributed by atoms with E-state index in [1.165, 1.54) is 27.8 Å². The number of aryl methyl sites for hydroxylation is 5. The highest BCUT2D eigenvalue weighted by Gasteiger charge is 2.19. The molecule has 0 bridgehead atoms. The minimum absolute atomic E-state index is 0.503. The first kappa shape index (κ1) is 19.5. The number of hydrogen-bond donors (Lipinski definition) is 0. The molecule has 0 fully saturated rings. The first-order valence-electron chi connectivity index (χ1n) is 10.2. The zero-order chi connectivity index (χ0) is 19.7. The molecule has 0 atom stereocenters. The van der Waals surface area contributed by atoms with E-state index in [1.54, 1.807) is 0 Å². The monoisotopic (exact) mass is 364 g/mol. The third-order valence-corrected chi connectivity index (χ3v) is 5.56. The quantitative estimate of drug-likeness (QED) is 0.471. The van der Waals surface area contributed by atoms with Gasteiger partial charge in [-0.25, -0.2) is 4.98 Å². The SMILES string of the molecule is CCc1cc(C)c(Oc2nc(C)cc3c2c(C)cn3C(CC)CC)c(C)c1. The first-order chi connectivity index (χ1) is 12.9. The van der Waals surface area contributed by atoms with Crippen molar-refractivity contribution < 1.29 is 4.74 Å². The summed E-state index contributed by atoms with van der Waals surface area (Å²) in [5.41, 5.74) is 7.11. The van der Waals surface area contributed by atoms with Gasteiger partial charge in [0.2, 0.25) is 5.88 Å². The van der Waals surface area contributed by atoms with Crippen molar-refractivity contribution in [3.8, 4) is 11.6 Å². The molecular weight excluding hydrogens is 332 g/mol. The molecule has 0 aliphatic rings. The van der Waals surface area contributed by atoms with E-state index in [9.17, 15) is 0 Å². The Hall–Kier alpha value is -2.29. The summed E-state index contributed by atoms with van der Waals surface area (Å²) in [5.74, 6) is 1.66. The Morgan fingerprint density at radius 3 is 2.11 bits per heavy atom. The van der Waals surface area contributed by atoms with Crippen molar-refractivity contribution in [2.24, 2.45) is 0 Å². The Morgan fingerprint density at radius 1 is 0.926 bits per heavy atom. The van der Waals surface area contributed by atoms with Crippen LogP contribution in [0.15, 0.2) is 24.4 Å². The fraction of sp³-hybridized carbons (Fsp3) is 0.458. The molecule has 0 amide bonds. The van der Waals surface area contributed by atoms with Gasteiger partial charge in [0, 0.05) is 17.9 Å². The summed E-state index contributed by atoms with van der Waals surface area (Å²) in [5, 5.41) is 1.13. The molecule has 0 radical (unpaired) electrons. The number of pyridine rings is 1. The van der Waals surface area contributed by atoms with Crippen molar-refractivity contribution in [1.29, 1.82) is 0 Å². The molecule has 0 saturated carbocycles. The van der Waals surface area contributed by atoms with Crippen molar-refractivity contribution in [3.05, 3.63) is 52.3 Å². The number of nitrogens with zero attached hydrogens (tertiary/aromatic N) is 2. The fourth-order valence-corrected chi connectivity index (χ4v) is 4.10. The highest BCUT2D eigenvalue weighted by atomic mass is 16.5. The van der Waals surface area contributed by atoms with Crippen LogP contribution >= 0.6 is 0 Å². The van der Waals surface area contributed by atoms with Crippen LogP contribution in [-0.2, 0) is 6.42 Å². The number of aromatic nitrogens is 2. The van der Waals surface area contributed by atoms with E-state index in [4.69, 9.17) is 9.72 Å². The van der Waals surface area contributed by atoms with Gasteiger partial charge in [-0.05, 0) is 75.3 Å². The van der Waals surface area contributed by atoms with E-state index < -0.39 is 0 Å². The lowest BCUT2D eigenvalue weighted by atomic mass is 10.0. The fourth-order valence-electron chi connectivity index (χ4n) is 4.10. The summed E-state index contributed by atoms with van der Waals surface area (Å²) in [6.07, 6.45) is 5.53. The largest absolute Gasteiger partial charge is 0.438 e. The third-order valence-electron chi connectivity index (χ3n) is 5.56. The van der Waals surface area contributed by atoms with Gasteiger partial charge < -0.3 is 9.30 Å². The summed E-state index contributed by atoms with van der Waals surface area (Å²) < 4.78 is 8.86. The number of fused-ring (bicyclic) bond motifs is 1. The molecule has 27 heavy (non-hydrogen) atoms. The Bertz CT molecular complexity index is 941. The van der Waals surface area contributed by atoms with Gasteiger partial charge in [0.25, 0.3) is 0 Å². The van der Waals surface area contributed by atoms with Gasteiger partial charge >= 0.3 is 0 Å². The van der Waals surface area contributed by atoms with Crippen LogP contribution in [0.25, 0.3) is 10.9 Å². The van der Waals surface area contributed by atoms with Gasteiger partial charge in [0.15, 0.2) is 0 Å². The minimum atomic E-state index is 0.503. The molecule has 3 nitrogen and oxygen atoms in total. The van der Waals surface area contributed by atoms with E-state index >= 15 is 0 Å². The summed E-state index contributed by atoms with van der Waals surface area (Å²) >= 11 is 0. The molecule has 3 rings (SSSR count). The lowest BCUT2D eigenvalue weighted by Gasteiger charge is -2.17. The lowest BCUT2D eigenvalue weighted by Crippen LogP contribution is -2.05. The molecule has 1 aromatic carbocycles. The summed E-state index contributed by atoms with van der Waals surface area (Å²) in [7, 11) is 0. The van der Waals surface area contributed by atoms with Crippen LogP contribution in [0, 0.1) is 27.7 Å². The van der Waals surface area contributed by atoms with Gasteiger partial charge in [-0.15, -0.1) is 0 Å². The Balaban J connectivity index is 2.16. The number of ether oxygens (including phenoxy) is 1. The molecule has 0 spiro atoms. The molecule has 3 aromatic rings. The molecule has 144 valence electrons. The average molecular weight is 365 g/mol. The van der Waals surface area contributed by atoms with Gasteiger partial charge in [0.05, 0.1) is 10.9 Å². The Kier molecular flexibility index (Phi) is 5.59. The number of hydrogen-bond acceptors (Lipinski definition) is 2. The number of rotatable bonds is 6. The average Bonchev–Trinajstić information content (AvgIpc) is 2.95. The minimum Gasteiger partial charge on any atom is -0.438 e. The second kappa shape index (κ2) is 7.75. The Morgan fingerprint density at radius 2 is 1.56 bits per heavy atom. The molecule has 0 saturated heterocycles. The second-order valence-corrected chi connectivity index (χ2v) is 7.67. The van der Waals surface area contributed by atoms with E-state index in [1.807, 2.05) is 6.92 Å². The molecule has 3 heteroatoms. The van der Waals surface area contributed by atoms with Crippen LogP contribution in [0.1, 0.15) is 67.6 Å². The van der Waals surface area contributed by atoms with Gasteiger partial charge in [-0.2, -0.15) is 0 Å².